The molecule has 0 unspecified atom stereocenters. The van der Waals surface area contributed by atoms with Crippen LogP contribution in [0.15, 0.2) is 24.4 Å². The van der Waals surface area contributed by atoms with Gasteiger partial charge in [0.2, 0.25) is 0 Å². The molecule has 2 aromatic rings. The molecule has 0 radical (unpaired) electrons. The number of benzene rings is 1. The van der Waals surface area contributed by atoms with Gasteiger partial charge in [0.05, 0.1) is 30.8 Å². The number of rotatable bonds is 3. The average Bonchev–Trinajstić information content (AvgIpc) is 2.36. The van der Waals surface area contributed by atoms with Crippen molar-refractivity contribution in [1.82, 2.24) is 4.98 Å². The Morgan fingerprint density at radius 3 is 2.69 bits per heavy atom. The summed E-state index contributed by atoms with van der Waals surface area (Å²) in [5.41, 5.74) is 4.16. The monoisotopic (exact) mass is 219 g/mol. The summed E-state index contributed by atoms with van der Waals surface area (Å²) in [4.78, 5) is 4.25. The number of ether oxygens (including phenoxy) is 2. The van der Waals surface area contributed by atoms with Gasteiger partial charge >= 0.3 is 0 Å². The third-order valence-electron chi connectivity index (χ3n) is 2.39. The van der Waals surface area contributed by atoms with E-state index in [0.29, 0.717) is 11.5 Å². The highest BCUT2D eigenvalue weighted by Gasteiger charge is 2.09. The molecule has 16 heavy (non-hydrogen) atoms. The number of hydrogen-bond acceptors (Lipinski definition) is 5. The molecule has 1 aromatic carbocycles. The van der Waals surface area contributed by atoms with E-state index >= 15 is 0 Å². The van der Waals surface area contributed by atoms with Gasteiger partial charge in [-0.25, -0.2) is 0 Å². The fourth-order valence-corrected chi connectivity index (χ4v) is 1.62. The average molecular weight is 219 g/mol. The van der Waals surface area contributed by atoms with E-state index in [2.05, 4.69) is 10.4 Å². The van der Waals surface area contributed by atoms with Gasteiger partial charge in [0.1, 0.15) is 11.5 Å². The zero-order chi connectivity index (χ0) is 11.5. The fraction of sp³-hybridized carbons (Fsp3) is 0.182. The first-order chi connectivity index (χ1) is 7.80. The molecule has 0 bridgehead atoms. The minimum absolute atomic E-state index is 0.676. The summed E-state index contributed by atoms with van der Waals surface area (Å²) in [7, 11) is 3.20. The third-order valence-corrected chi connectivity index (χ3v) is 2.39. The quantitative estimate of drug-likeness (QED) is 0.605. The number of nitrogen functional groups attached to an aromatic ring is 1. The van der Waals surface area contributed by atoms with E-state index in [0.717, 1.165) is 16.6 Å². The molecule has 0 aliphatic carbocycles. The second-order valence-corrected chi connectivity index (χ2v) is 3.23. The number of anilines is 1. The van der Waals surface area contributed by atoms with Gasteiger partial charge in [0.25, 0.3) is 0 Å². The summed E-state index contributed by atoms with van der Waals surface area (Å²) in [6.07, 6.45) is 1.68. The van der Waals surface area contributed by atoms with E-state index in [1.165, 1.54) is 0 Å². The van der Waals surface area contributed by atoms with Crippen LogP contribution in [0.3, 0.4) is 0 Å². The lowest BCUT2D eigenvalue weighted by atomic mass is 10.1. The Bertz CT molecular complexity index is 514. The number of hydrogen-bond donors (Lipinski definition) is 2. The molecule has 0 amide bonds. The Morgan fingerprint density at radius 1 is 1.25 bits per heavy atom. The van der Waals surface area contributed by atoms with Crippen LogP contribution in [0, 0.1) is 0 Å². The second-order valence-electron chi connectivity index (χ2n) is 3.23. The van der Waals surface area contributed by atoms with Gasteiger partial charge in [-0.1, -0.05) is 0 Å². The standard InChI is InChI=1S/C11H13N3O2/c1-15-7-5-9-11(10(6-7)16-2)8(14-12)3-4-13-9/h3-6H,12H2,1-2H3,(H,13,14). The van der Waals surface area contributed by atoms with Crippen LogP contribution in [0.1, 0.15) is 0 Å². The highest BCUT2D eigenvalue weighted by atomic mass is 16.5. The zero-order valence-corrected chi connectivity index (χ0v) is 9.15. The van der Waals surface area contributed by atoms with Crippen molar-refractivity contribution in [3.63, 3.8) is 0 Å². The van der Waals surface area contributed by atoms with E-state index in [1.807, 2.05) is 6.07 Å². The summed E-state index contributed by atoms with van der Waals surface area (Å²) in [5.74, 6) is 6.82. The summed E-state index contributed by atoms with van der Waals surface area (Å²) in [6.45, 7) is 0. The molecule has 0 saturated heterocycles. The van der Waals surface area contributed by atoms with Gasteiger partial charge < -0.3 is 14.9 Å². The smallest absolute Gasteiger partial charge is 0.134 e. The fourth-order valence-electron chi connectivity index (χ4n) is 1.62. The SMILES string of the molecule is COc1cc(OC)c2c(NN)ccnc2c1. The summed E-state index contributed by atoms with van der Waals surface area (Å²) in [5, 5.41) is 0.841. The van der Waals surface area contributed by atoms with E-state index in [9.17, 15) is 0 Å². The number of nitrogens with two attached hydrogens (primary N) is 1. The molecule has 5 heteroatoms. The van der Waals surface area contributed by atoms with Gasteiger partial charge in [0.15, 0.2) is 0 Å². The maximum absolute atomic E-state index is 5.45. The number of hydrazine groups is 1. The Morgan fingerprint density at radius 2 is 2.06 bits per heavy atom. The van der Waals surface area contributed by atoms with Crippen molar-refractivity contribution in [3.8, 4) is 11.5 Å². The first kappa shape index (κ1) is 10.5. The maximum Gasteiger partial charge on any atom is 0.134 e. The molecule has 0 spiro atoms. The van der Waals surface area contributed by atoms with Crippen LogP contribution in [0.4, 0.5) is 5.69 Å². The van der Waals surface area contributed by atoms with Gasteiger partial charge in [-0.05, 0) is 6.07 Å². The minimum Gasteiger partial charge on any atom is -0.497 e. The third kappa shape index (κ3) is 1.61. The molecule has 0 saturated carbocycles. The number of pyridine rings is 1. The first-order valence-electron chi connectivity index (χ1n) is 4.77. The molecular weight excluding hydrogens is 206 g/mol. The number of fused-ring (bicyclic) bond motifs is 1. The molecule has 0 fully saturated rings. The molecule has 84 valence electrons. The highest BCUT2D eigenvalue weighted by Crippen LogP contribution is 2.34. The largest absolute Gasteiger partial charge is 0.497 e. The van der Waals surface area contributed by atoms with Crippen LogP contribution in [-0.2, 0) is 0 Å². The Kier molecular flexibility index (Phi) is 2.78. The van der Waals surface area contributed by atoms with Crippen molar-refractivity contribution in [2.75, 3.05) is 19.6 Å². The van der Waals surface area contributed by atoms with Crippen LogP contribution < -0.4 is 20.7 Å². The lowest BCUT2D eigenvalue weighted by molar-refractivity contribution is 0.398. The molecule has 1 heterocycles. The molecule has 1 aromatic heterocycles. The molecule has 0 atom stereocenters. The Hall–Kier alpha value is -2.01. The molecule has 0 aliphatic heterocycles. The van der Waals surface area contributed by atoms with Gasteiger partial charge in [0, 0.05) is 18.3 Å². The molecule has 2 rings (SSSR count). The number of nitrogens with zero attached hydrogens (tertiary/aromatic N) is 1. The predicted molar refractivity (Wildman–Crippen MR) is 62.7 cm³/mol. The van der Waals surface area contributed by atoms with Crippen molar-refractivity contribution in [1.29, 1.82) is 0 Å². The van der Waals surface area contributed by atoms with Crippen molar-refractivity contribution in [3.05, 3.63) is 24.4 Å². The van der Waals surface area contributed by atoms with E-state index in [-0.39, 0.29) is 0 Å². The maximum atomic E-state index is 5.45. The van der Waals surface area contributed by atoms with Gasteiger partial charge in [-0.15, -0.1) is 0 Å². The van der Waals surface area contributed by atoms with Crippen LogP contribution in [0.5, 0.6) is 11.5 Å². The van der Waals surface area contributed by atoms with Crippen molar-refractivity contribution < 1.29 is 9.47 Å². The molecule has 5 nitrogen and oxygen atoms in total. The predicted octanol–water partition coefficient (Wildman–Crippen LogP) is 1.54. The molecular formula is C11H13N3O2. The lowest BCUT2D eigenvalue weighted by Gasteiger charge is -2.11. The summed E-state index contributed by atoms with van der Waals surface area (Å²) < 4.78 is 10.5. The topological polar surface area (TPSA) is 69.4 Å². The van der Waals surface area contributed by atoms with Crippen LogP contribution in [0.25, 0.3) is 10.9 Å². The Labute approximate surface area is 93.1 Å². The van der Waals surface area contributed by atoms with Crippen molar-refractivity contribution in [2.45, 2.75) is 0 Å². The highest BCUT2D eigenvalue weighted by molar-refractivity contribution is 5.97. The summed E-state index contributed by atoms with van der Waals surface area (Å²) in [6, 6.07) is 5.42. The van der Waals surface area contributed by atoms with Crippen molar-refractivity contribution >= 4 is 16.6 Å². The van der Waals surface area contributed by atoms with Gasteiger partial charge in [-0.2, -0.15) is 0 Å². The van der Waals surface area contributed by atoms with Crippen LogP contribution in [-0.4, -0.2) is 19.2 Å². The lowest BCUT2D eigenvalue weighted by Crippen LogP contribution is -2.07. The van der Waals surface area contributed by atoms with E-state index in [1.54, 1.807) is 32.5 Å². The van der Waals surface area contributed by atoms with Crippen molar-refractivity contribution in [2.24, 2.45) is 5.84 Å². The number of nitrogens with one attached hydrogen (secondary N) is 1. The van der Waals surface area contributed by atoms with E-state index in [4.69, 9.17) is 15.3 Å². The number of aromatic nitrogens is 1. The zero-order valence-electron chi connectivity index (χ0n) is 9.15. The minimum atomic E-state index is 0.676. The normalized spacial score (nSPS) is 10.2. The first-order valence-corrected chi connectivity index (χ1v) is 4.77. The summed E-state index contributed by atoms with van der Waals surface area (Å²) >= 11 is 0. The molecule has 3 N–H and O–H groups in total. The Balaban J connectivity index is 2.78. The second kappa shape index (κ2) is 4.24. The van der Waals surface area contributed by atoms with E-state index < -0.39 is 0 Å². The van der Waals surface area contributed by atoms with Crippen LogP contribution >= 0.6 is 0 Å². The number of methoxy groups -OCH3 is 2. The molecule has 0 aliphatic rings. The van der Waals surface area contributed by atoms with Crippen LogP contribution in [0.2, 0.25) is 0 Å². The van der Waals surface area contributed by atoms with Gasteiger partial charge in [-0.3, -0.25) is 10.8 Å².